The molecule has 10 heteroatoms. The van der Waals surface area contributed by atoms with E-state index in [0.717, 1.165) is 9.13 Å². The van der Waals surface area contributed by atoms with Crippen molar-refractivity contribution in [2.75, 3.05) is 13.2 Å². The number of para-hydroxylation sites is 2. The number of ether oxygens (including phenoxy) is 2. The molecule has 1 aromatic carbocycles. The summed E-state index contributed by atoms with van der Waals surface area (Å²) >= 11 is 0. The Morgan fingerprint density at radius 1 is 1.00 bits per heavy atom. The van der Waals surface area contributed by atoms with E-state index in [2.05, 4.69) is 18.5 Å². The number of carbonyl (C=O) groups is 1. The molecule has 2 aromatic rings. The summed E-state index contributed by atoms with van der Waals surface area (Å²) in [5.74, 6) is 0.618. The highest BCUT2D eigenvalue weighted by Crippen LogP contribution is 2.30. The molecule has 1 amide bonds. The van der Waals surface area contributed by atoms with E-state index >= 15 is 0 Å². The van der Waals surface area contributed by atoms with Crippen molar-refractivity contribution >= 4 is 5.91 Å². The largest absolute Gasteiger partial charge is 0.486 e. The van der Waals surface area contributed by atoms with Gasteiger partial charge in [0.15, 0.2) is 11.5 Å². The molecule has 3 rings (SSSR count). The zero-order chi connectivity index (χ0) is 21.7. The first-order chi connectivity index (χ1) is 14.5. The van der Waals surface area contributed by atoms with Gasteiger partial charge in [-0.1, -0.05) is 24.3 Å². The summed E-state index contributed by atoms with van der Waals surface area (Å²) < 4.78 is 13.7. The Balaban J connectivity index is 1.74. The van der Waals surface area contributed by atoms with Gasteiger partial charge in [0, 0.05) is 0 Å². The average molecular weight is 414 g/mol. The van der Waals surface area contributed by atoms with Gasteiger partial charge >= 0.3 is 17.1 Å². The molecule has 0 bridgehead atoms. The Kier molecular flexibility index (Phi) is 6.35. The number of allylic oxidation sites excluding steroid dienone is 2. The molecule has 0 saturated heterocycles. The van der Waals surface area contributed by atoms with Crippen LogP contribution in [0, 0.1) is 0 Å². The third-order valence-corrected chi connectivity index (χ3v) is 4.40. The van der Waals surface area contributed by atoms with Crippen LogP contribution >= 0.6 is 0 Å². The Labute approximate surface area is 171 Å². The number of fused-ring (bicyclic) bond motifs is 1. The molecule has 1 N–H and O–H groups in total. The van der Waals surface area contributed by atoms with Gasteiger partial charge < -0.3 is 14.8 Å². The molecule has 0 fully saturated rings. The van der Waals surface area contributed by atoms with Gasteiger partial charge in [0.05, 0.1) is 19.6 Å². The molecule has 1 aliphatic heterocycles. The lowest BCUT2D eigenvalue weighted by molar-refractivity contribution is -0.122. The van der Waals surface area contributed by atoms with Gasteiger partial charge in [0.2, 0.25) is 5.91 Å². The second kappa shape index (κ2) is 9.12. The van der Waals surface area contributed by atoms with Crippen molar-refractivity contribution in [3.05, 3.63) is 81.0 Å². The standard InChI is InChI=1S/C20H22N4O6/c1-3-9-22-18(26)23(10-4-2)20(28)24(19(22)27)12-17(25)21-11-14-13-29-15-7-5-6-8-16(15)30-14/h3-8,14H,1-2,9-13H2,(H,21,25). The molecule has 1 aromatic heterocycles. The maximum absolute atomic E-state index is 12.6. The average Bonchev–Trinajstić information content (AvgIpc) is 2.75. The second-order valence-electron chi connectivity index (χ2n) is 6.53. The third kappa shape index (κ3) is 4.27. The number of hydrogen-bond acceptors (Lipinski definition) is 6. The minimum Gasteiger partial charge on any atom is -0.486 e. The fourth-order valence-corrected chi connectivity index (χ4v) is 2.98. The van der Waals surface area contributed by atoms with E-state index in [0.29, 0.717) is 16.1 Å². The van der Waals surface area contributed by atoms with Crippen LogP contribution in [0.2, 0.25) is 0 Å². The van der Waals surface area contributed by atoms with Crippen LogP contribution in [0.4, 0.5) is 0 Å². The zero-order valence-corrected chi connectivity index (χ0v) is 16.3. The lowest BCUT2D eigenvalue weighted by atomic mass is 10.2. The number of rotatable bonds is 8. The Morgan fingerprint density at radius 2 is 1.57 bits per heavy atom. The lowest BCUT2D eigenvalue weighted by Crippen LogP contribution is -2.55. The number of carbonyl (C=O) groups excluding carboxylic acids is 1. The third-order valence-electron chi connectivity index (χ3n) is 4.40. The highest BCUT2D eigenvalue weighted by atomic mass is 16.6. The van der Waals surface area contributed by atoms with Crippen LogP contribution in [0.25, 0.3) is 0 Å². The molecule has 10 nitrogen and oxygen atoms in total. The number of nitrogens with zero attached hydrogens (tertiary/aromatic N) is 3. The molecular weight excluding hydrogens is 392 g/mol. The van der Waals surface area contributed by atoms with Crippen LogP contribution in [0.1, 0.15) is 0 Å². The molecule has 158 valence electrons. The number of amides is 1. The fraction of sp³-hybridized carbons (Fsp3) is 0.300. The maximum atomic E-state index is 12.6. The van der Waals surface area contributed by atoms with Crippen molar-refractivity contribution < 1.29 is 14.3 Å². The van der Waals surface area contributed by atoms with E-state index in [4.69, 9.17) is 9.47 Å². The minimum absolute atomic E-state index is 0.0939. The highest BCUT2D eigenvalue weighted by Gasteiger charge is 2.22. The summed E-state index contributed by atoms with van der Waals surface area (Å²) in [6.45, 7) is 6.64. The number of hydrogen-bond donors (Lipinski definition) is 1. The first kappa shape index (κ1) is 20.9. The topological polar surface area (TPSA) is 114 Å². The van der Waals surface area contributed by atoms with Gasteiger partial charge in [0.1, 0.15) is 19.3 Å². The van der Waals surface area contributed by atoms with Crippen molar-refractivity contribution in [2.45, 2.75) is 25.7 Å². The smallest absolute Gasteiger partial charge is 0.337 e. The van der Waals surface area contributed by atoms with Gasteiger partial charge in [-0.05, 0) is 12.1 Å². The van der Waals surface area contributed by atoms with Crippen molar-refractivity contribution in [3.63, 3.8) is 0 Å². The highest BCUT2D eigenvalue weighted by molar-refractivity contribution is 5.75. The van der Waals surface area contributed by atoms with Crippen LogP contribution in [-0.4, -0.2) is 38.9 Å². The predicted molar refractivity (Wildman–Crippen MR) is 109 cm³/mol. The van der Waals surface area contributed by atoms with Crippen LogP contribution in [0.3, 0.4) is 0 Å². The molecule has 2 heterocycles. The molecular formula is C20H22N4O6. The first-order valence-corrected chi connectivity index (χ1v) is 9.27. The van der Waals surface area contributed by atoms with E-state index in [1.807, 2.05) is 12.1 Å². The van der Waals surface area contributed by atoms with E-state index < -0.39 is 35.6 Å². The van der Waals surface area contributed by atoms with Gasteiger partial charge in [0.25, 0.3) is 0 Å². The van der Waals surface area contributed by atoms with E-state index in [9.17, 15) is 19.2 Å². The number of benzene rings is 1. The summed E-state index contributed by atoms with van der Waals surface area (Å²) in [6, 6.07) is 7.17. The molecule has 1 aliphatic rings. The molecule has 0 saturated carbocycles. The number of nitrogens with one attached hydrogen (secondary N) is 1. The van der Waals surface area contributed by atoms with Crippen molar-refractivity contribution in [2.24, 2.45) is 0 Å². The van der Waals surface area contributed by atoms with Crippen LogP contribution < -0.4 is 31.9 Å². The van der Waals surface area contributed by atoms with Crippen molar-refractivity contribution in [1.82, 2.24) is 19.0 Å². The SMILES string of the molecule is C=CCn1c(=O)n(CC=C)c(=O)n(CC(=O)NCC2COc3ccccc3O2)c1=O. The van der Waals surface area contributed by atoms with Crippen LogP contribution in [0.5, 0.6) is 11.5 Å². The zero-order valence-electron chi connectivity index (χ0n) is 16.3. The number of aromatic nitrogens is 3. The summed E-state index contributed by atoms with van der Waals surface area (Å²) in [6.07, 6.45) is 2.29. The molecule has 1 atom stereocenters. The van der Waals surface area contributed by atoms with E-state index in [1.165, 1.54) is 12.2 Å². The van der Waals surface area contributed by atoms with Crippen LogP contribution in [-0.2, 0) is 24.4 Å². The van der Waals surface area contributed by atoms with Gasteiger partial charge in [-0.2, -0.15) is 0 Å². The van der Waals surface area contributed by atoms with E-state index in [-0.39, 0.29) is 26.2 Å². The monoisotopic (exact) mass is 414 g/mol. The Morgan fingerprint density at radius 3 is 2.17 bits per heavy atom. The fourth-order valence-electron chi connectivity index (χ4n) is 2.98. The van der Waals surface area contributed by atoms with E-state index in [1.54, 1.807) is 12.1 Å². The Hall–Kier alpha value is -3.82. The summed E-state index contributed by atoms with van der Waals surface area (Å²) in [4.78, 5) is 49.8. The predicted octanol–water partition coefficient (Wildman–Crippen LogP) is -0.500. The van der Waals surface area contributed by atoms with Crippen LogP contribution in [0.15, 0.2) is 64.0 Å². The molecule has 30 heavy (non-hydrogen) atoms. The van der Waals surface area contributed by atoms with Gasteiger partial charge in [-0.3, -0.25) is 4.79 Å². The first-order valence-electron chi connectivity index (χ1n) is 9.27. The molecule has 1 unspecified atom stereocenters. The molecule has 0 radical (unpaired) electrons. The minimum atomic E-state index is -0.883. The van der Waals surface area contributed by atoms with Crippen molar-refractivity contribution in [3.8, 4) is 11.5 Å². The summed E-state index contributed by atoms with van der Waals surface area (Å²) in [7, 11) is 0. The van der Waals surface area contributed by atoms with Crippen molar-refractivity contribution in [1.29, 1.82) is 0 Å². The van der Waals surface area contributed by atoms with Gasteiger partial charge in [-0.15, -0.1) is 13.2 Å². The summed E-state index contributed by atoms with van der Waals surface area (Å²) in [5, 5.41) is 2.62. The summed E-state index contributed by atoms with van der Waals surface area (Å²) in [5.41, 5.74) is -2.55. The lowest BCUT2D eigenvalue weighted by Gasteiger charge is -2.26. The Bertz CT molecular complexity index is 1090. The quantitative estimate of drug-likeness (QED) is 0.583. The maximum Gasteiger partial charge on any atom is 0.337 e. The molecule has 0 spiro atoms. The molecule has 0 aliphatic carbocycles. The second-order valence-corrected chi connectivity index (χ2v) is 6.53. The van der Waals surface area contributed by atoms with Gasteiger partial charge in [-0.25, -0.2) is 28.1 Å². The normalized spacial score (nSPS) is 14.7.